The fourth-order valence-electron chi connectivity index (χ4n) is 2.26. The Labute approximate surface area is 162 Å². The van der Waals surface area contributed by atoms with Gasteiger partial charge in [0, 0.05) is 26.7 Å². The first-order valence-corrected chi connectivity index (χ1v) is 8.78. The normalized spacial score (nSPS) is 14.0. The topological polar surface area (TPSA) is 119 Å². The van der Waals surface area contributed by atoms with Crippen LogP contribution in [0.25, 0.3) is 0 Å². The lowest BCUT2D eigenvalue weighted by Crippen LogP contribution is -2.42. The molecular weight excluding hydrogens is 368 g/mol. The number of amides is 3. The molecule has 0 aliphatic carbocycles. The molecule has 0 bridgehead atoms. The lowest BCUT2D eigenvalue weighted by atomic mass is 10.2. The van der Waals surface area contributed by atoms with Gasteiger partial charge in [-0.15, -0.1) is 0 Å². The van der Waals surface area contributed by atoms with Crippen LogP contribution in [-0.4, -0.2) is 82.0 Å². The molecule has 2 N–H and O–H groups in total. The van der Waals surface area contributed by atoms with E-state index in [1.165, 1.54) is 13.3 Å². The van der Waals surface area contributed by atoms with E-state index in [0.29, 0.717) is 44.2 Å². The van der Waals surface area contributed by atoms with E-state index in [-0.39, 0.29) is 19.1 Å². The second kappa shape index (κ2) is 11.7. The molecule has 0 unspecified atom stereocenters. The molecule has 2 rings (SSSR count). The molecule has 10 heteroatoms. The molecule has 1 fully saturated rings. The van der Waals surface area contributed by atoms with Crippen molar-refractivity contribution in [3.63, 3.8) is 0 Å². The fourth-order valence-corrected chi connectivity index (χ4v) is 2.26. The third-order valence-corrected chi connectivity index (χ3v) is 3.78. The lowest BCUT2D eigenvalue weighted by Gasteiger charge is -2.26. The second-order valence-corrected chi connectivity index (χ2v) is 5.80. The highest BCUT2D eigenvalue weighted by atomic mass is 16.5. The van der Waals surface area contributed by atoms with E-state index in [4.69, 9.17) is 14.2 Å². The zero-order chi connectivity index (χ0) is 20.2. The molecule has 10 nitrogen and oxygen atoms in total. The summed E-state index contributed by atoms with van der Waals surface area (Å²) >= 11 is 0. The molecule has 1 aliphatic heterocycles. The van der Waals surface area contributed by atoms with Crippen LogP contribution in [0.3, 0.4) is 0 Å². The third-order valence-electron chi connectivity index (χ3n) is 3.78. The Kier molecular flexibility index (Phi) is 8.89. The molecule has 152 valence electrons. The molecule has 0 radical (unpaired) electrons. The van der Waals surface area contributed by atoms with E-state index < -0.39 is 11.8 Å². The van der Waals surface area contributed by atoms with Gasteiger partial charge < -0.3 is 24.4 Å². The molecule has 3 amide bonds. The van der Waals surface area contributed by atoms with Crippen molar-refractivity contribution in [2.45, 2.75) is 0 Å². The van der Waals surface area contributed by atoms with Gasteiger partial charge in [0.2, 0.25) is 0 Å². The van der Waals surface area contributed by atoms with E-state index in [1.807, 2.05) is 0 Å². The predicted molar refractivity (Wildman–Crippen MR) is 100.0 cm³/mol. The van der Waals surface area contributed by atoms with Gasteiger partial charge in [-0.2, -0.15) is 5.10 Å². The molecule has 0 aromatic heterocycles. The summed E-state index contributed by atoms with van der Waals surface area (Å²) in [6.07, 6.45) is 1.39. The zero-order valence-electron chi connectivity index (χ0n) is 15.7. The Morgan fingerprint density at radius 3 is 2.57 bits per heavy atom. The Balaban J connectivity index is 1.72. The molecule has 1 aromatic carbocycles. The highest BCUT2D eigenvalue weighted by molar-refractivity contribution is 6.35. The van der Waals surface area contributed by atoms with Crippen LogP contribution in [0.4, 0.5) is 0 Å². The minimum absolute atomic E-state index is 0.0400. The summed E-state index contributed by atoms with van der Waals surface area (Å²) in [5.41, 5.74) is 2.82. The van der Waals surface area contributed by atoms with Gasteiger partial charge in [0.15, 0.2) is 6.61 Å². The first kappa shape index (κ1) is 21.3. The van der Waals surface area contributed by atoms with Crippen molar-refractivity contribution < 1.29 is 28.6 Å². The molecule has 0 spiro atoms. The maximum absolute atomic E-state index is 12.0. The van der Waals surface area contributed by atoms with Crippen molar-refractivity contribution in [3.8, 4) is 5.75 Å². The molecule has 0 atom stereocenters. The average molecular weight is 392 g/mol. The van der Waals surface area contributed by atoms with Crippen LogP contribution in [-0.2, 0) is 23.9 Å². The number of nitrogens with one attached hydrogen (secondary N) is 2. The van der Waals surface area contributed by atoms with Crippen molar-refractivity contribution in [2.24, 2.45) is 5.10 Å². The maximum Gasteiger partial charge on any atom is 0.329 e. The number of carbonyl (C=O) groups is 3. The number of morpholine rings is 1. The van der Waals surface area contributed by atoms with Gasteiger partial charge in [-0.25, -0.2) is 5.43 Å². The van der Waals surface area contributed by atoms with Crippen molar-refractivity contribution in [3.05, 3.63) is 29.8 Å². The number of hydrazone groups is 1. The largest absolute Gasteiger partial charge is 0.484 e. The van der Waals surface area contributed by atoms with Crippen LogP contribution >= 0.6 is 0 Å². The van der Waals surface area contributed by atoms with E-state index in [9.17, 15) is 14.4 Å². The van der Waals surface area contributed by atoms with Gasteiger partial charge in [-0.1, -0.05) is 0 Å². The van der Waals surface area contributed by atoms with Crippen LogP contribution in [0.5, 0.6) is 5.75 Å². The summed E-state index contributed by atoms with van der Waals surface area (Å²) in [6.45, 7) is 2.76. The summed E-state index contributed by atoms with van der Waals surface area (Å²) < 4.78 is 15.5. The Bertz CT molecular complexity index is 686. The Morgan fingerprint density at radius 2 is 1.89 bits per heavy atom. The zero-order valence-corrected chi connectivity index (χ0v) is 15.7. The van der Waals surface area contributed by atoms with Crippen molar-refractivity contribution in [1.29, 1.82) is 0 Å². The van der Waals surface area contributed by atoms with Gasteiger partial charge in [-0.3, -0.25) is 14.4 Å². The van der Waals surface area contributed by atoms with Crippen molar-refractivity contribution >= 4 is 23.9 Å². The average Bonchev–Trinajstić information content (AvgIpc) is 2.73. The van der Waals surface area contributed by atoms with E-state index in [0.717, 1.165) is 0 Å². The summed E-state index contributed by atoms with van der Waals surface area (Å²) in [5.74, 6) is -1.20. The number of hydrogen-bond acceptors (Lipinski definition) is 7. The quantitative estimate of drug-likeness (QED) is 0.257. The molecular formula is C18H24N4O6. The molecule has 1 aliphatic rings. The van der Waals surface area contributed by atoms with Crippen LogP contribution in [0, 0.1) is 0 Å². The highest BCUT2D eigenvalue weighted by Crippen LogP contribution is 2.11. The predicted octanol–water partition coefficient (Wildman–Crippen LogP) is -0.863. The minimum atomic E-state index is -0.867. The van der Waals surface area contributed by atoms with Gasteiger partial charge in [-0.05, 0) is 29.8 Å². The maximum atomic E-state index is 12.0. The van der Waals surface area contributed by atoms with Crippen LogP contribution in [0.2, 0.25) is 0 Å². The standard InChI is InChI=1S/C18H24N4O6/c1-26-9-6-19-17(24)18(25)21-20-12-14-2-4-15(5-3-14)28-13-16(23)22-7-10-27-11-8-22/h2-5,12H,6-11,13H2,1H3,(H,19,24)(H,21,25)/b20-12-. The minimum Gasteiger partial charge on any atom is -0.484 e. The van der Waals surface area contributed by atoms with Gasteiger partial charge in [0.1, 0.15) is 5.75 Å². The smallest absolute Gasteiger partial charge is 0.329 e. The van der Waals surface area contributed by atoms with Crippen LogP contribution in [0.15, 0.2) is 29.4 Å². The number of hydrogen-bond donors (Lipinski definition) is 2. The van der Waals surface area contributed by atoms with Gasteiger partial charge in [0.25, 0.3) is 5.91 Å². The number of methoxy groups -OCH3 is 1. The van der Waals surface area contributed by atoms with Gasteiger partial charge >= 0.3 is 11.8 Å². The summed E-state index contributed by atoms with van der Waals surface area (Å²) in [6, 6.07) is 6.80. The number of carbonyl (C=O) groups excluding carboxylic acids is 3. The molecule has 1 saturated heterocycles. The SMILES string of the molecule is COCCNC(=O)C(=O)N/N=C\c1ccc(OCC(=O)N2CCOCC2)cc1. The first-order valence-electron chi connectivity index (χ1n) is 8.78. The number of benzene rings is 1. The molecule has 28 heavy (non-hydrogen) atoms. The van der Waals surface area contributed by atoms with Crippen LogP contribution in [0.1, 0.15) is 5.56 Å². The van der Waals surface area contributed by atoms with Gasteiger partial charge in [0.05, 0.1) is 26.0 Å². The van der Waals surface area contributed by atoms with E-state index in [1.54, 1.807) is 29.2 Å². The lowest BCUT2D eigenvalue weighted by molar-refractivity contribution is -0.139. The Hall–Kier alpha value is -2.98. The molecule has 0 saturated carbocycles. The summed E-state index contributed by atoms with van der Waals surface area (Å²) in [7, 11) is 1.49. The van der Waals surface area contributed by atoms with Crippen molar-refractivity contribution in [2.75, 3.05) is 53.2 Å². The monoisotopic (exact) mass is 392 g/mol. The molecule has 1 heterocycles. The second-order valence-electron chi connectivity index (χ2n) is 5.80. The van der Waals surface area contributed by atoms with E-state index >= 15 is 0 Å². The number of ether oxygens (including phenoxy) is 3. The summed E-state index contributed by atoms with van der Waals surface area (Å²) in [4.78, 5) is 36.7. The molecule has 1 aromatic rings. The number of rotatable bonds is 8. The first-order chi connectivity index (χ1) is 13.6. The van der Waals surface area contributed by atoms with E-state index in [2.05, 4.69) is 15.8 Å². The third kappa shape index (κ3) is 7.33. The summed E-state index contributed by atoms with van der Waals surface area (Å²) in [5, 5.41) is 6.11. The Morgan fingerprint density at radius 1 is 1.18 bits per heavy atom. The van der Waals surface area contributed by atoms with Crippen molar-refractivity contribution in [1.82, 2.24) is 15.6 Å². The van der Waals surface area contributed by atoms with Crippen LogP contribution < -0.4 is 15.5 Å². The fraction of sp³-hybridized carbons (Fsp3) is 0.444. The highest BCUT2D eigenvalue weighted by Gasteiger charge is 2.17. The number of nitrogens with zero attached hydrogens (tertiary/aromatic N) is 2.